The van der Waals surface area contributed by atoms with Gasteiger partial charge in [0.15, 0.2) is 0 Å². The molecule has 0 amide bonds. The summed E-state index contributed by atoms with van der Waals surface area (Å²) < 4.78 is 3.06. The Bertz CT molecular complexity index is 719. The number of hydrogen-bond donors (Lipinski definition) is 1. The first-order valence-electron chi connectivity index (χ1n) is 5.98. The van der Waals surface area contributed by atoms with E-state index in [0.717, 1.165) is 22.2 Å². The fourth-order valence-corrected chi connectivity index (χ4v) is 3.66. The average molecular weight is 384 g/mol. The molecule has 0 aliphatic carbocycles. The Balaban J connectivity index is 1.93. The van der Waals surface area contributed by atoms with E-state index in [-0.39, 0.29) is 0 Å². The Hall–Kier alpha value is -0.920. The number of benzene rings is 1. The Morgan fingerprint density at radius 2 is 2.21 bits per heavy atom. The first-order valence-corrected chi connectivity index (χ1v) is 7.93. The molecule has 0 saturated heterocycles. The zero-order valence-electron chi connectivity index (χ0n) is 10.4. The molecular weight excluding hydrogens is 371 g/mol. The van der Waals surface area contributed by atoms with E-state index in [1.807, 2.05) is 41.4 Å². The molecule has 1 unspecified atom stereocenters. The number of hydrogen-bond acceptors (Lipinski definition) is 3. The molecule has 2 aromatic heterocycles. The number of aromatic nitrogens is 2. The van der Waals surface area contributed by atoms with Crippen molar-refractivity contribution in [3.05, 3.63) is 49.9 Å². The van der Waals surface area contributed by atoms with Gasteiger partial charge in [0.25, 0.3) is 0 Å². The van der Waals surface area contributed by atoms with Gasteiger partial charge in [0, 0.05) is 18.9 Å². The summed E-state index contributed by atoms with van der Waals surface area (Å²) in [4.78, 5) is 0. The van der Waals surface area contributed by atoms with Gasteiger partial charge in [0.2, 0.25) is 0 Å². The topological polar surface area (TPSA) is 38.0 Å². The normalized spacial score (nSPS) is 13.0. The maximum Gasteiger partial charge on any atom is 0.0854 e. The number of rotatable bonds is 3. The number of aliphatic hydroxyl groups excluding tert-OH is 1. The van der Waals surface area contributed by atoms with Gasteiger partial charge in [-0.1, -0.05) is 18.2 Å². The van der Waals surface area contributed by atoms with Crippen LogP contribution in [-0.2, 0) is 13.5 Å². The summed E-state index contributed by atoms with van der Waals surface area (Å²) in [7, 11) is 1.94. The van der Waals surface area contributed by atoms with E-state index in [1.165, 1.54) is 2.88 Å². The predicted octanol–water partition coefficient (Wildman–Crippen LogP) is 3.52. The lowest BCUT2D eigenvalue weighted by Gasteiger charge is -2.06. The van der Waals surface area contributed by atoms with Gasteiger partial charge in [0.05, 0.1) is 20.2 Å². The molecular formula is C14H13IN2OS. The first kappa shape index (κ1) is 13.1. The molecule has 0 spiro atoms. The van der Waals surface area contributed by atoms with Crippen LogP contribution in [0.15, 0.2) is 35.7 Å². The minimum absolute atomic E-state index is 0.488. The quantitative estimate of drug-likeness (QED) is 0.702. The van der Waals surface area contributed by atoms with E-state index in [1.54, 1.807) is 11.3 Å². The number of thiophene rings is 1. The summed E-state index contributed by atoms with van der Waals surface area (Å²) in [6, 6.07) is 10.1. The smallest absolute Gasteiger partial charge is 0.0854 e. The highest BCUT2D eigenvalue weighted by atomic mass is 127. The maximum absolute atomic E-state index is 10.3. The third-order valence-corrected chi connectivity index (χ3v) is 5.00. The van der Waals surface area contributed by atoms with Crippen LogP contribution in [-0.4, -0.2) is 14.9 Å². The number of aliphatic hydroxyl groups is 1. The lowest BCUT2D eigenvalue weighted by molar-refractivity contribution is 0.178. The van der Waals surface area contributed by atoms with Crippen LogP contribution in [0.25, 0.3) is 10.9 Å². The van der Waals surface area contributed by atoms with E-state index < -0.39 is 6.10 Å². The molecule has 19 heavy (non-hydrogen) atoms. The molecule has 0 aliphatic heterocycles. The van der Waals surface area contributed by atoms with Gasteiger partial charge >= 0.3 is 0 Å². The summed E-state index contributed by atoms with van der Waals surface area (Å²) in [6.07, 6.45) is 0.0619. The number of para-hydroxylation sites is 1. The second-order valence-corrected chi connectivity index (χ2v) is 7.30. The molecule has 2 heterocycles. The van der Waals surface area contributed by atoms with Crippen molar-refractivity contribution in [3.8, 4) is 0 Å². The largest absolute Gasteiger partial charge is 0.388 e. The van der Waals surface area contributed by atoms with Crippen LogP contribution in [0.3, 0.4) is 0 Å². The first-order chi connectivity index (χ1) is 9.15. The van der Waals surface area contributed by atoms with Gasteiger partial charge in [0.1, 0.15) is 0 Å². The van der Waals surface area contributed by atoms with Crippen LogP contribution >= 0.6 is 33.9 Å². The molecule has 0 bridgehead atoms. The van der Waals surface area contributed by atoms with Crippen LogP contribution in [0.4, 0.5) is 0 Å². The lowest BCUT2D eigenvalue weighted by Crippen LogP contribution is -2.02. The highest BCUT2D eigenvalue weighted by Gasteiger charge is 2.15. The van der Waals surface area contributed by atoms with E-state index >= 15 is 0 Å². The third-order valence-electron chi connectivity index (χ3n) is 3.19. The minimum atomic E-state index is -0.488. The summed E-state index contributed by atoms with van der Waals surface area (Å²) in [5, 5.41) is 18.0. The molecule has 0 aliphatic rings. The van der Waals surface area contributed by atoms with Gasteiger partial charge in [-0.2, -0.15) is 5.10 Å². The monoisotopic (exact) mass is 384 g/mol. The molecule has 0 fully saturated rings. The van der Waals surface area contributed by atoms with Gasteiger partial charge < -0.3 is 5.11 Å². The Kier molecular flexibility index (Phi) is 3.60. The van der Waals surface area contributed by atoms with Crippen molar-refractivity contribution in [2.75, 3.05) is 0 Å². The molecule has 3 rings (SSSR count). The standard InChI is InChI=1S/C14H13IN2OS/c1-17-12-5-3-2-4-10(12)11(16-17)7-13(18)9-6-14(15)19-8-9/h2-6,8,13,18H,7H2,1H3. The second-order valence-electron chi connectivity index (χ2n) is 4.49. The van der Waals surface area contributed by atoms with Crippen LogP contribution in [0.2, 0.25) is 0 Å². The second kappa shape index (κ2) is 5.22. The third kappa shape index (κ3) is 2.54. The van der Waals surface area contributed by atoms with E-state index in [4.69, 9.17) is 0 Å². The van der Waals surface area contributed by atoms with Crippen LogP contribution in [0.5, 0.6) is 0 Å². The zero-order chi connectivity index (χ0) is 13.4. The molecule has 1 atom stereocenters. The lowest BCUT2D eigenvalue weighted by atomic mass is 10.1. The van der Waals surface area contributed by atoms with Gasteiger partial charge in [-0.3, -0.25) is 4.68 Å². The summed E-state index contributed by atoms with van der Waals surface area (Å²) in [5.41, 5.74) is 3.03. The fraction of sp³-hybridized carbons (Fsp3) is 0.214. The summed E-state index contributed by atoms with van der Waals surface area (Å²) in [5.74, 6) is 0. The molecule has 1 aromatic carbocycles. The number of fused-ring (bicyclic) bond motifs is 1. The van der Waals surface area contributed by atoms with Gasteiger partial charge in [-0.15, -0.1) is 11.3 Å². The molecule has 0 saturated carbocycles. The highest BCUT2D eigenvalue weighted by molar-refractivity contribution is 14.1. The van der Waals surface area contributed by atoms with Crippen molar-refractivity contribution in [1.29, 1.82) is 0 Å². The van der Waals surface area contributed by atoms with E-state index in [0.29, 0.717) is 6.42 Å². The van der Waals surface area contributed by atoms with Gasteiger partial charge in [-0.25, -0.2) is 0 Å². The molecule has 5 heteroatoms. The number of halogens is 1. The zero-order valence-corrected chi connectivity index (χ0v) is 13.4. The van der Waals surface area contributed by atoms with Crippen LogP contribution < -0.4 is 0 Å². The summed E-state index contributed by atoms with van der Waals surface area (Å²) in [6.45, 7) is 0. The molecule has 0 radical (unpaired) electrons. The van der Waals surface area contributed by atoms with Crippen molar-refractivity contribution in [2.45, 2.75) is 12.5 Å². The van der Waals surface area contributed by atoms with Crippen molar-refractivity contribution in [3.63, 3.8) is 0 Å². The molecule has 98 valence electrons. The number of aryl methyl sites for hydroxylation is 1. The van der Waals surface area contributed by atoms with Crippen LogP contribution in [0, 0.1) is 2.88 Å². The van der Waals surface area contributed by atoms with E-state index in [2.05, 4.69) is 33.8 Å². The SMILES string of the molecule is Cn1nc(CC(O)c2csc(I)c2)c2ccccc21. The molecule has 3 nitrogen and oxygen atoms in total. The van der Waals surface area contributed by atoms with Crippen molar-refractivity contribution in [1.82, 2.24) is 9.78 Å². The maximum atomic E-state index is 10.3. The van der Waals surface area contributed by atoms with Crippen molar-refractivity contribution < 1.29 is 5.11 Å². The Morgan fingerprint density at radius 3 is 2.95 bits per heavy atom. The van der Waals surface area contributed by atoms with Gasteiger partial charge in [-0.05, 0) is 45.7 Å². The van der Waals surface area contributed by atoms with Crippen molar-refractivity contribution >= 4 is 44.8 Å². The molecule has 3 aromatic rings. The molecule has 1 N–H and O–H groups in total. The number of nitrogens with zero attached hydrogens (tertiary/aromatic N) is 2. The fourth-order valence-electron chi connectivity index (χ4n) is 2.24. The average Bonchev–Trinajstić information content (AvgIpc) is 2.96. The predicted molar refractivity (Wildman–Crippen MR) is 86.4 cm³/mol. The highest BCUT2D eigenvalue weighted by Crippen LogP contribution is 2.27. The summed E-state index contributed by atoms with van der Waals surface area (Å²) >= 11 is 3.92. The minimum Gasteiger partial charge on any atom is -0.388 e. The Labute approximate surface area is 129 Å². The Morgan fingerprint density at radius 1 is 1.42 bits per heavy atom. The van der Waals surface area contributed by atoms with E-state index in [9.17, 15) is 5.11 Å². The van der Waals surface area contributed by atoms with Crippen molar-refractivity contribution in [2.24, 2.45) is 7.05 Å². The van der Waals surface area contributed by atoms with Crippen LogP contribution in [0.1, 0.15) is 17.4 Å².